The first kappa shape index (κ1) is 16.8. The van der Waals surface area contributed by atoms with Gasteiger partial charge in [-0.25, -0.2) is 0 Å². The molecule has 3 nitrogen and oxygen atoms in total. The second kappa shape index (κ2) is 6.45. The van der Waals surface area contributed by atoms with Gasteiger partial charge in [0.25, 0.3) is 0 Å². The Bertz CT molecular complexity index is 410. The highest BCUT2D eigenvalue weighted by atomic mass is 19.4. The molecular formula is C14H20F3NO2. The zero-order valence-electron chi connectivity index (χ0n) is 11.9. The Morgan fingerprint density at radius 1 is 1.15 bits per heavy atom. The minimum Gasteiger partial charge on any atom is -0.484 e. The van der Waals surface area contributed by atoms with E-state index in [1.807, 2.05) is 11.9 Å². The number of nitrogens with zero attached hydrogens (tertiary/aromatic N) is 1. The molecule has 0 unspecified atom stereocenters. The van der Waals surface area contributed by atoms with Crippen molar-refractivity contribution in [2.24, 2.45) is 0 Å². The van der Waals surface area contributed by atoms with Crippen LogP contribution in [0.1, 0.15) is 19.4 Å². The third-order valence-corrected chi connectivity index (χ3v) is 2.44. The standard InChI is InChI=1S/C14H20F3NO2/c1-13(2,19)9-18(3)8-11-4-6-12(7-5-11)20-10-14(15,16)17/h4-7,19H,8-10H2,1-3H3. The fourth-order valence-corrected chi connectivity index (χ4v) is 1.88. The van der Waals surface area contributed by atoms with E-state index in [0.29, 0.717) is 13.1 Å². The molecule has 1 aromatic rings. The molecule has 0 atom stereocenters. The molecule has 6 heteroatoms. The molecule has 0 aliphatic heterocycles. The number of halogens is 3. The number of aliphatic hydroxyl groups is 1. The Morgan fingerprint density at radius 3 is 2.15 bits per heavy atom. The summed E-state index contributed by atoms with van der Waals surface area (Å²) in [4.78, 5) is 1.94. The fraction of sp³-hybridized carbons (Fsp3) is 0.571. The molecule has 1 rings (SSSR count). The first-order valence-electron chi connectivity index (χ1n) is 6.25. The molecule has 0 saturated heterocycles. The van der Waals surface area contributed by atoms with Gasteiger partial charge in [-0.3, -0.25) is 4.90 Å². The molecule has 20 heavy (non-hydrogen) atoms. The van der Waals surface area contributed by atoms with Crippen LogP contribution in [0.25, 0.3) is 0 Å². The molecule has 0 fully saturated rings. The molecule has 0 amide bonds. The van der Waals surface area contributed by atoms with Gasteiger partial charge in [-0.1, -0.05) is 12.1 Å². The van der Waals surface area contributed by atoms with Crippen LogP contribution in [0, 0.1) is 0 Å². The van der Waals surface area contributed by atoms with Crippen molar-refractivity contribution in [1.82, 2.24) is 4.90 Å². The van der Waals surface area contributed by atoms with E-state index < -0.39 is 18.4 Å². The van der Waals surface area contributed by atoms with E-state index >= 15 is 0 Å². The van der Waals surface area contributed by atoms with Gasteiger partial charge in [-0.2, -0.15) is 13.2 Å². The van der Waals surface area contributed by atoms with E-state index in [2.05, 4.69) is 4.74 Å². The molecule has 0 saturated carbocycles. The molecule has 1 aromatic carbocycles. The first-order valence-corrected chi connectivity index (χ1v) is 6.25. The molecular weight excluding hydrogens is 271 g/mol. The van der Waals surface area contributed by atoms with Crippen LogP contribution in [0.2, 0.25) is 0 Å². The van der Waals surface area contributed by atoms with Gasteiger partial charge < -0.3 is 9.84 Å². The van der Waals surface area contributed by atoms with E-state index in [9.17, 15) is 18.3 Å². The minimum absolute atomic E-state index is 0.191. The maximum Gasteiger partial charge on any atom is 0.422 e. The average molecular weight is 291 g/mol. The van der Waals surface area contributed by atoms with Crippen LogP contribution in [0.15, 0.2) is 24.3 Å². The normalized spacial score (nSPS) is 12.8. The van der Waals surface area contributed by atoms with E-state index in [1.165, 1.54) is 12.1 Å². The summed E-state index contributed by atoms with van der Waals surface area (Å²) >= 11 is 0. The van der Waals surface area contributed by atoms with Crippen molar-refractivity contribution in [3.8, 4) is 5.75 Å². The van der Waals surface area contributed by atoms with Crippen LogP contribution in [0.3, 0.4) is 0 Å². The van der Waals surface area contributed by atoms with Gasteiger partial charge >= 0.3 is 6.18 Å². The van der Waals surface area contributed by atoms with Crippen molar-refractivity contribution in [3.05, 3.63) is 29.8 Å². The second-order valence-electron chi connectivity index (χ2n) is 5.53. The van der Waals surface area contributed by atoms with Gasteiger partial charge in [0.2, 0.25) is 0 Å². The molecule has 1 N–H and O–H groups in total. The monoisotopic (exact) mass is 291 g/mol. The summed E-state index contributed by atoms with van der Waals surface area (Å²) in [6.45, 7) is 3.25. The van der Waals surface area contributed by atoms with Gasteiger partial charge in [0.05, 0.1) is 5.60 Å². The maximum atomic E-state index is 12.0. The molecule has 114 valence electrons. The van der Waals surface area contributed by atoms with Crippen molar-refractivity contribution in [2.75, 3.05) is 20.2 Å². The molecule has 0 heterocycles. The summed E-state index contributed by atoms with van der Waals surface area (Å²) < 4.78 is 40.6. The lowest BCUT2D eigenvalue weighted by Gasteiger charge is -2.25. The molecule has 0 aromatic heterocycles. The Labute approximate surface area is 117 Å². The predicted molar refractivity (Wildman–Crippen MR) is 70.6 cm³/mol. The molecule has 0 spiro atoms. The first-order chi connectivity index (χ1) is 9.05. The summed E-state index contributed by atoms with van der Waals surface area (Å²) in [7, 11) is 1.87. The summed E-state index contributed by atoms with van der Waals surface area (Å²) in [5, 5.41) is 9.69. The summed E-state index contributed by atoms with van der Waals surface area (Å²) in [5.41, 5.74) is 0.154. The third-order valence-electron chi connectivity index (χ3n) is 2.44. The van der Waals surface area contributed by atoms with E-state index in [-0.39, 0.29) is 5.75 Å². The van der Waals surface area contributed by atoms with Crippen LogP contribution >= 0.6 is 0 Å². The lowest BCUT2D eigenvalue weighted by atomic mass is 10.1. The van der Waals surface area contributed by atoms with Gasteiger partial charge in [0, 0.05) is 13.1 Å². The number of alkyl halides is 3. The van der Waals surface area contributed by atoms with Crippen LogP contribution in [0.4, 0.5) is 13.2 Å². The molecule has 0 radical (unpaired) electrons. The Hall–Kier alpha value is -1.27. The largest absolute Gasteiger partial charge is 0.484 e. The van der Waals surface area contributed by atoms with E-state index in [0.717, 1.165) is 5.56 Å². The van der Waals surface area contributed by atoms with Gasteiger partial charge in [-0.05, 0) is 38.6 Å². The Balaban J connectivity index is 2.50. The van der Waals surface area contributed by atoms with Crippen molar-refractivity contribution in [1.29, 1.82) is 0 Å². The number of hydrogen-bond acceptors (Lipinski definition) is 3. The summed E-state index contributed by atoms with van der Waals surface area (Å²) in [6, 6.07) is 6.46. The quantitative estimate of drug-likeness (QED) is 0.875. The van der Waals surface area contributed by atoms with Crippen LogP contribution in [-0.4, -0.2) is 42.0 Å². The van der Waals surface area contributed by atoms with Gasteiger partial charge in [0.1, 0.15) is 5.75 Å². The average Bonchev–Trinajstić information content (AvgIpc) is 2.24. The third kappa shape index (κ3) is 7.35. The number of benzene rings is 1. The fourth-order valence-electron chi connectivity index (χ4n) is 1.88. The minimum atomic E-state index is -4.33. The number of ether oxygens (including phenoxy) is 1. The van der Waals surface area contributed by atoms with E-state index in [1.54, 1.807) is 26.0 Å². The van der Waals surface area contributed by atoms with Gasteiger partial charge in [-0.15, -0.1) is 0 Å². The molecule has 0 bridgehead atoms. The highest BCUT2D eigenvalue weighted by Gasteiger charge is 2.28. The predicted octanol–water partition coefficient (Wildman–Crippen LogP) is 2.83. The smallest absolute Gasteiger partial charge is 0.422 e. The van der Waals surface area contributed by atoms with Crippen molar-refractivity contribution in [3.63, 3.8) is 0 Å². The lowest BCUT2D eigenvalue weighted by molar-refractivity contribution is -0.153. The number of hydrogen-bond donors (Lipinski definition) is 1. The van der Waals surface area contributed by atoms with Crippen LogP contribution < -0.4 is 4.74 Å². The number of rotatable bonds is 6. The lowest BCUT2D eigenvalue weighted by Crippen LogP contribution is -2.35. The summed E-state index contributed by atoms with van der Waals surface area (Å²) in [5.74, 6) is 0.191. The second-order valence-corrected chi connectivity index (χ2v) is 5.53. The highest BCUT2D eigenvalue weighted by molar-refractivity contribution is 5.27. The zero-order chi connectivity index (χ0) is 15.4. The van der Waals surface area contributed by atoms with Crippen LogP contribution in [0.5, 0.6) is 5.75 Å². The summed E-state index contributed by atoms with van der Waals surface area (Å²) in [6.07, 6.45) is -4.33. The Kier molecular flexibility index (Phi) is 5.42. The van der Waals surface area contributed by atoms with Crippen LogP contribution in [-0.2, 0) is 6.54 Å². The van der Waals surface area contributed by atoms with Crippen molar-refractivity contribution in [2.45, 2.75) is 32.2 Å². The van der Waals surface area contributed by atoms with Gasteiger partial charge in [0.15, 0.2) is 6.61 Å². The zero-order valence-corrected chi connectivity index (χ0v) is 11.9. The SMILES string of the molecule is CN(Cc1ccc(OCC(F)(F)F)cc1)CC(C)(C)O. The van der Waals surface area contributed by atoms with Crippen molar-refractivity contribution >= 4 is 0 Å². The molecule has 0 aliphatic carbocycles. The Morgan fingerprint density at radius 2 is 1.70 bits per heavy atom. The van der Waals surface area contributed by atoms with Crippen molar-refractivity contribution < 1.29 is 23.0 Å². The maximum absolute atomic E-state index is 12.0. The topological polar surface area (TPSA) is 32.7 Å². The van der Waals surface area contributed by atoms with E-state index in [4.69, 9.17) is 0 Å². The highest BCUT2D eigenvalue weighted by Crippen LogP contribution is 2.19. The number of likely N-dealkylation sites (N-methyl/N-ethyl adjacent to an activating group) is 1. The molecule has 0 aliphatic rings.